The first-order valence-electron chi connectivity index (χ1n) is 9.57. The van der Waals surface area contributed by atoms with Crippen molar-refractivity contribution in [2.75, 3.05) is 13.1 Å². The number of carbonyl (C=O) groups excluding carboxylic acids is 1. The molecule has 4 rings (SSSR count). The molecule has 1 aliphatic heterocycles. The Hall–Kier alpha value is -2.73. The monoisotopic (exact) mass is 363 g/mol. The van der Waals surface area contributed by atoms with Gasteiger partial charge in [0.15, 0.2) is 5.65 Å². The lowest BCUT2D eigenvalue weighted by Gasteiger charge is -2.32. The molecule has 1 unspecified atom stereocenters. The molecule has 1 aliphatic rings. The van der Waals surface area contributed by atoms with Crippen LogP contribution in [0.1, 0.15) is 31.2 Å². The predicted molar refractivity (Wildman–Crippen MR) is 105 cm³/mol. The Morgan fingerprint density at radius 3 is 2.89 bits per heavy atom. The number of primary amides is 1. The van der Waals surface area contributed by atoms with Crippen molar-refractivity contribution in [1.82, 2.24) is 19.5 Å². The van der Waals surface area contributed by atoms with E-state index < -0.39 is 0 Å². The summed E-state index contributed by atoms with van der Waals surface area (Å²) in [6, 6.07) is 10.2. The van der Waals surface area contributed by atoms with Gasteiger partial charge in [-0.1, -0.05) is 30.3 Å². The number of benzene rings is 1. The molecule has 3 heterocycles. The molecule has 3 aromatic rings. The second kappa shape index (κ2) is 7.88. The fraction of sp³-hybridized carbons (Fsp3) is 0.381. The molecule has 27 heavy (non-hydrogen) atoms. The Kier molecular flexibility index (Phi) is 5.16. The Balaban J connectivity index is 1.46. The zero-order chi connectivity index (χ0) is 18.6. The molecule has 2 aromatic heterocycles. The van der Waals surface area contributed by atoms with E-state index in [2.05, 4.69) is 33.3 Å². The molecular formula is C21H25N5O. The SMILES string of the molecule is NC(=O)CCC1CCCN(Cc2cnc3c(-c4ccccc4)cnn3c2)C1. The number of nitrogens with two attached hydrogens (primary N) is 1. The van der Waals surface area contributed by atoms with Gasteiger partial charge in [-0.2, -0.15) is 5.10 Å². The van der Waals surface area contributed by atoms with Gasteiger partial charge in [0.25, 0.3) is 0 Å². The summed E-state index contributed by atoms with van der Waals surface area (Å²) in [4.78, 5) is 18.2. The van der Waals surface area contributed by atoms with Gasteiger partial charge in [-0.25, -0.2) is 9.50 Å². The highest BCUT2D eigenvalue weighted by molar-refractivity contribution is 5.76. The Labute approximate surface area is 159 Å². The van der Waals surface area contributed by atoms with Crippen LogP contribution >= 0.6 is 0 Å². The van der Waals surface area contributed by atoms with Crippen molar-refractivity contribution in [2.45, 2.75) is 32.2 Å². The standard InChI is InChI=1S/C21H25N5O/c22-20(27)9-8-16-5-4-10-25(13-16)14-17-11-23-21-19(12-24-26(21)15-17)18-6-2-1-3-7-18/h1-3,6-7,11-12,15-16H,4-5,8-10,13-14H2,(H2,22,27). The molecule has 0 radical (unpaired) electrons. The van der Waals surface area contributed by atoms with Crippen molar-refractivity contribution < 1.29 is 4.79 Å². The third-order valence-electron chi connectivity index (χ3n) is 5.30. The Bertz CT molecular complexity index is 921. The molecule has 140 valence electrons. The van der Waals surface area contributed by atoms with Gasteiger partial charge in [-0.05, 0) is 37.3 Å². The zero-order valence-electron chi connectivity index (χ0n) is 15.4. The maximum atomic E-state index is 11.0. The maximum Gasteiger partial charge on any atom is 0.217 e. The third-order valence-corrected chi connectivity index (χ3v) is 5.30. The van der Waals surface area contributed by atoms with Gasteiger partial charge >= 0.3 is 0 Å². The van der Waals surface area contributed by atoms with Crippen molar-refractivity contribution in [1.29, 1.82) is 0 Å². The molecular weight excluding hydrogens is 338 g/mol. The minimum atomic E-state index is -0.199. The molecule has 6 nitrogen and oxygen atoms in total. The van der Waals surface area contributed by atoms with Crippen molar-refractivity contribution in [3.8, 4) is 11.1 Å². The van der Waals surface area contributed by atoms with Crippen LogP contribution in [0.4, 0.5) is 0 Å². The van der Waals surface area contributed by atoms with Gasteiger partial charge in [-0.3, -0.25) is 9.69 Å². The first-order chi connectivity index (χ1) is 13.2. The lowest BCUT2D eigenvalue weighted by atomic mass is 9.93. The molecule has 0 spiro atoms. The Morgan fingerprint density at radius 2 is 2.07 bits per heavy atom. The molecule has 1 amide bonds. The van der Waals surface area contributed by atoms with Crippen molar-refractivity contribution >= 4 is 11.6 Å². The van der Waals surface area contributed by atoms with Crippen molar-refractivity contribution in [3.63, 3.8) is 0 Å². The molecule has 1 fully saturated rings. The number of hydrogen-bond acceptors (Lipinski definition) is 4. The molecule has 2 N–H and O–H groups in total. The lowest BCUT2D eigenvalue weighted by molar-refractivity contribution is -0.118. The van der Waals surface area contributed by atoms with E-state index in [1.165, 1.54) is 12.8 Å². The van der Waals surface area contributed by atoms with E-state index in [-0.39, 0.29) is 5.91 Å². The second-order valence-corrected chi connectivity index (χ2v) is 7.40. The van der Waals surface area contributed by atoms with Crippen LogP contribution in [-0.4, -0.2) is 38.5 Å². The molecule has 0 aliphatic carbocycles. The van der Waals surface area contributed by atoms with Crippen LogP contribution in [0.15, 0.2) is 48.9 Å². The van der Waals surface area contributed by atoms with Gasteiger partial charge < -0.3 is 5.73 Å². The average Bonchev–Trinajstić information content (AvgIpc) is 3.11. The highest BCUT2D eigenvalue weighted by Gasteiger charge is 2.20. The van der Waals surface area contributed by atoms with Crippen LogP contribution in [-0.2, 0) is 11.3 Å². The number of piperidine rings is 1. The van der Waals surface area contributed by atoms with E-state index in [1.54, 1.807) is 0 Å². The van der Waals surface area contributed by atoms with E-state index in [1.807, 2.05) is 35.1 Å². The number of fused-ring (bicyclic) bond motifs is 1. The summed E-state index contributed by atoms with van der Waals surface area (Å²) < 4.78 is 1.87. The van der Waals surface area contributed by atoms with Crippen LogP contribution in [0.5, 0.6) is 0 Å². The van der Waals surface area contributed by atoms with Crippen LogP contribution in [0, 0.1) is 5.92 Å². The summed E-state index contributed by atoms with van der Waals surface area (Å²) in [5.74, 6) is 0.354. The second-order valence-electron chi connectivity index (χ2n) is 7.40. The lowest BCUT2D eigenvalue weighted by Crippen LogP contribution is -2.35. The average molecular weight is 363 g/mol. The topological polar surface area (TPSA) is 76.5 Å². The molecule has 6 heteroatoms. The van der Waals surface area contributed by atoms with Gasteiger partial charge in [0.1, 0.15) is 0 Å². The summed E-state index contributed by atoms with van der Waals surface area (Å²) in [7, 11) is 0. The maximum absolute atomic E-state index is 11.0. The number of rotatable bonds is 6. The summed E-state index contributed by atoms with van der Waals surface area (Å²) >= 11 is 0. The normalized spacial score (nSPS) is 18.0. The van der Waals surface area contributed by atoms with E-state index in [4.69, 9.17) is 5.73 Å². The summed E-state index contributed by atoms with van der Waals surface area (Å²) in [6.45, 7) is 2.95. The molecule has 0 bridgehead atoms. The minimum Gasteiger partial charge on any atom is -0.370 e. The number of carbonyl (C=O) groups is 1. The van der Waals surface area contributed by atoms with Gasteiger partial charge in [0.2, 0.25) is 5.91 Å². The van der Waals surface area contributed by atoms with Crippen LogP contribution in [0.3, 0.4) is 0 Å². The molecule has 0 saturated carbocycles. The Morgan fingerprint density at radius 1 is 1.22 bits per heavy atom. The molecule has 1 saturated heterocycles. The number of likely N-dealkylation sites (tertiary alicyclic amines) is 1. The number of amides is 1. The van der Waals surface area contributed by atoms with Crippen molar-refractivity contribution in [3.05, 3.63) is 54.5 Å². The highest BCUT2D eigenvalue weighted by atomic mass is 16.1. The summed E-state index contributed by atoms with van der Waals surface area (Å²) in [5, 5.41) is 4.50. The quantitative estimate of drug-likeness (QED) is 0.731. The first-order valence-corrected chi connectivity index (χ1v) is 9.57. The smallest absolute Gasteiger partial charge is 0.217 e. The summed E-state index contributed by atoms with van der Waals surface area (Å²) in [5.41, 5.74) is 9.50. The largest absolute Gasteiger partial charge is 0.370 e. The van der Waals surface area contributed by atoms with E-state index >= 15 is 0 Å². The molecule has 1 atom stereocenters. The van der Waals surface area contributed by atoms with Crippen LogP contribution in [0.25, 0.3) is 16.8 Å². The number of nitrogens with zero attached hydrogens (tertiary/aromatic N) is 4. The third kappa shape index (κ3) is 4.17. The minimum absolute atomic E-state index is 0.199. The van der Waals surface area contributed by atoms with Crippen molar-refractivity contribution in [2.24, 2.45) is 11.7 Å². The van der Waals surface area contributed by atoms with Gasteiger partial charge in [0.05, 0.1) is 6.20 Å². The van der Waals surface area contributed by atoms with Gasteiger partial charge in [0, 0.05) is 43.0 Å². The number of aromatic nitrogens is 3. The predicted octanol–water partition coefficient (Wildman–Crippen LogP) is 2.87. The van der Waals surface area contributed by atoms with Crippen LogP contribution in [0.2, 0.25) is 0 Å². The fourth-order valence-corrected chi connectivity index (χ4v) is 3.95. The fourth-order valence-electron chi connectivity index (χ4n) is 3.95. The molecule has 1 aromatic carbocycles. The highest BCUT2D eigenvalue weighted by Crippen LogP contribution is 2.24. The van der Waals surface area contributed by atoms with Crippen LogP contribution < -0.4 is 5.73 Å². The van der Waals surface area contributed by atoms with E-state index in [9.17, 15) is 4.79 Å². The van der Waals surface area contributed by atoms with E-state index in [0.29, 0.717) is 12.3 Å². The zero-order valence-corrected chi connectivity index (χ0v) is 15.4. The first kappa shape index (κ1) is 17.7. The van der Waals surface area contributed by atoms with Gasteiger partial charge in [-0.15, -0.1) is 0 Å². The van der Waals surface area contributed by atoms with E-state index in [0.717, 1.165) is 48.4 Å². The number of hydrogen-bond donors (Lipinski definition) is 1. The summed E-state index contributed by atoms with van der Waals surface area (Å²) in [6.07, 6.45) is 9.63.